The number of likely N-dealkylation sites (tertiary alicyclic amines) is 1. The van der Waals surface area contributed by atoms with Gasteiger partial charge in [-0.3, -0.25) is 4.79 Å². The summed E-state index contributed by atoms with van der Waals surface area (Å²) in [5.74, 6) is 0.852. The molecule has 2 heterocycles. The van der Waals surface area contributed by atoms with Crippen molar-refractivity contribution in [3.63, 3.8) is 0 Å². The van der Waals surface area contributed by atoms with Crippen LogP contribution in [0.3, 0.4) is 0 Å². The molecule has 0 unspecified atom stereocenters. The van der Waals surface area contributed by atoms with Crippen LogP contribution in [-0.2, 0) is 6.18 Å². The van der Waals surface area contributed by atoms with Gasteiger partial charge in [0, 0.05) is 11.6 Å². The lowest BCUT2D eigenvalue weighted by molar-refractivity contribution is -0.141. The van der Waals surface area contributed by atoms with E-state index in [1.54, 1.807) is 12.1 Å². The summed E-state index contributed by atoms with van der Waals surface area (Å²) in [5.41, 5.74) is -0.667. The molecule has 1 amide bonds. The van der Waals surface area contributed by atoms with E-state index in [4.69, 9.17) is 18.9 Å². The lowest BCUT2D eigenvalue weighted by atomic mass is 10.1. The van der Waals surface area contributed by atoms with E-state index >= 15 is 0 Å². The lowest BCUT2D eigenvalue weighted by Crippen LogP contribution is -2.56. The van der Waals surface area contributed by atoms with Gasteiger partial charge < -0.3 is 23.8 Å². The van der Waals surface area contributed by atoms with E-state index in [1.807, 2.05) is 20.8 Å². The number of pyridine rings is 1. The molecular formula is C22H25F3N2O5. The van der Waals surface area contributed by atoms with Crippen LogP contribution in [0.2, 0.25) is 0 Å². The van der Waals surface area contributed by atoms with Crippen molar-refractivity contribution in [2.45, 2.75) is 33.1 Å². The van der Waals surface area contributed by atoms with E-state index in [0.29, 0.717) is 42.6 Å². The Morgan fingerprint density at radius 1 is 1.03 bits per heavy atom. The zero-order valence-electron chi connectivity index (χ0n) is 18.1. The zero-order valence-corrected chi connectivity index (χ0v) is 18.1. The number of nitrogens with zero attached hydrogens (tertiary/aromatic N) is 2. The monoisotopic (exact) mass is 454 g/mol. The van der Waals surface area contributed by atoms with Gasteiger partial charge in [-0.25, -0.2) is 4.98 Å². The number of alkyl halides is 3. The number of rotatable bonds is 9. The van der Waals surface area contributed by atoms with E-state index in [0.717, 1.165) is 6.07 Å². The molecule has 1 aliphatic heterocycles. The number of aromatic nitrogens is 1. The molecule has 7 nitrogen and oxygen atoms in total. The summed E-state index contributed by atoms with van der Waals surface area (Å²) in [4.78, 5) is 18.0. The number of amides is 1. The molecule has 1 aromatic heterocycles. The second-order valence-corrected chi connectivity index (χ2v) is 6.91. The molecule has 1 aromatic carbocycles. The minimum absolute atomic E-state index is 0.129. The molecule has 174 valence electrons. The fraction of sp³-hybridized carbons (Fsp3) is 0.455. The summed E-state index contributed by atoms with van der Waals surface area (Å²) >= 11 is 0. The number of hydrogen-bond acceptors (Lipinski definition) is 6. The number of benzene rings is 1. The summed E-state index contributed by atoms with van der Waals surface area (Å²) in [6.07, 6.45) is -5.00. The Morgan fingerprint density at radius 2 is 1.62 bits per heavy atom. The molecule has 0 saturated carbocycles. The van der Waals surface area contributed by atoms with E-state index < -0.39 is 18.0 Å². The quantitative estimate of drug-likeness (QED) is 0.566. The smallest absolute Gasteiger partial charge is 0.433 e. The molecule has 1 aliphatic rings. The zero-order chi connectivity index (χ0) is 23.3. The van der Waals surface area contributed by atoms with Crippen LogP contribution in [0.1, 0.15) is 36.8 Å². The predicted molar refractivity (Wildman–Crippen MR) is 110 cm³/mol. The van der Waals surface area contributed by atoms with Gasteiger partial charge in [0.15, 0.2) is 11.5 Å². The molecule has 0 N–H and O–H groups in total. The summed E-state index contributed by atoms with van der Waals surface area (Å²) in [7, 11) is 0. The van der Waals surface area contributed by atoms with Gasteiger partial charge in [0.25, 0.3) is 5.91 Å². The van der Waals surface area contributed by atoms with Gasteiger partial charge in [-0.15, -0.1) is 0 Å². The van der Waals surface area contributed by atoms with Crippen molar-refractivity contribution in [3.8, 4) is 23.1 Å². The van der Waals surface area contributed by atoms with Crippen molar-refractivity contribution >= 4 is 5.91 Å². The molecule has 0 spiro atoms. The molecule has 3 rings (SSSR count). The highest BCUT2D eigenvalue weighted by atomic mass is 19.4. The molecule has 2 aromatic rings. The highest BCUT2D eigenvalue weighted by Gasteiger charge is 2.36. The van der Waals surface area contributed by atoms with Gasteiger partial charge in [0.1, 0.15) is 11.8 Å². The van der Waals surface area contributed by atoms with Gasteiger partial charge in [-0.05, 0) is 39.0 Å². The second-order valence-electron chi connectivity index (χ2n) is 6.91. The standard InChI is InChI=1S/C22H25F3N2O5/c1-4-29-16-10-14(11-17(30-5-2)20(16)31-6-3)21(28)27-12-15(13-27)32-19-9-7-8-18(26-19)22(23,24)25/h7-11,15H,4-6,12-13H2,1-3H3. The molecule has 0 aliphatic carbocycles. The summed E-state index contributed by atoms with van der Waals surface area (Å²) in [6, 6.07) is 6.66. The van der Waals surface area contributed by atoms with Crippen LogP contribution >= 0.6 is 0 Å². The van der Waals surface area contributed by atoms with Crippen LogP contribution < -0.4 is 18.9 Å². The van der Waals surface area contributed by atoms with Crippen molar-refractivity contribution in [1.82, 2.24) is 9.88 Å². The fourth-order valence-electron chi connectivity index (χ4n) is 3.18. The van der Waals surface area contributed by atoms with Gasteiger partial charge in [-0.2, -0.15) is 13.2 Å². The van der Waals surface area contributed by atoms with Gasteiger partial charge in [0.05, 0.1) is 32.9 Å². The van der Waals surface area contributed by atoms with Gasteiger partial charge in [0.2, 0.25) is 11.6 Å². The number of carbonyl (C=O) groups is 1. The molecule has 1 saturated heterocycles. The maximum atomic E-state index is 12.9. The van der Waals surface area contributed by atoms with Crippen molar-refractivity contribution in [2.24, 2.45) is 0 Å². The minimum Gasteiger partial charge on any atom is -0.490 e. The Balaban J connectivity index is 1.70. The Labute approximate surface area is 184 Å². The third kappa shape index (κ3) is 5.35. The Bertz CT molecular complexity index is 918. The van der Waals surface area contributed by atoms with Crippen LogP contribution in [0.15, 0.2) is 30.3 Å². The van der Waals surface area contributed by atoms with Crippen molar-refractivity contribution in [1.29, 1.82) is 0 Å². The van der Waals surface area contributed by atoms with Gasteiger partial charge in [-0.1, -0.05) is 6.07 Å². The van der Waals surface area contributed by atoms with E-state index in [9.17, 15) is 18.0 Å². The van der Waals surface area contributed by atoms with Gasteiger partial charge >= 0.3 is 6.18 Å². The topological polar surface area (TPSA) is 70.1 Å². The largest absolute Gasteiger partial charge is 0.490 e. The van der Waals surface area contributed by atoms with Crippen LogP contribution in [0, 0.1) is 0 Å². The van der Waals surface area contributed by atoms with E-state index in [2.05, 4.69) is 4.98 Å². The van der Waals surface area contributed by atoms with Crippen molar-refractivity contribution in [3.05, 3.63) is 41.6 Å². The molecule has 1 fully saturated rings. The molecule has 0 atom stereocenters. The molecule has 0 bridgehead atoms. The predicted octanol–water partition coefficient (Wildman–Crippen LogP) is 4.20. The normalized spacial score (nSPS) is 14.0. The number of halogens is 3. The van der Waals surface area contributed by atoms with Crippen LogP contribution in [0.4, 0.5) is 13.2 Å². The number of hydrogen-bond donors (Lipinski definition) is 0. The molecule has 32 heavy (non-hydrogen) atoms. The summed E-state index contributed by atoms with van der Waals surface area (Å²) in [5, 5.41) is 0. The Hall–Kier alpha value is -3.17. The van der Waals surface area contributed by atoms with Crippen LogP contribution in [0.25, 0.3) is 0 Å². The highest BCUT2D eigenvalue weighted by molar-refractivity contribution is 5.96. The van der Waals surface area contributed by atoms with E-state index in [-0.39, 0.29) is 24.9 Å². The number of carbonyl (C=O) groups excluding carboxylic acids is 1. The number of ether oxygens (including phenoxy) is 4. The fourth-order valence-corrected chi connectivity index (χ4v) is 3.18. The average molecular weight is 454 g/mol. The minimum atomic E-state index is -4.55. The van der Waals surface area contributed by atoms with Crippen LogP contribution in [-0.4, -0.2) is 54.8 Å². The maximum absolute atomic E-state index is 12.9. The molecule has 10 heteroatoms. The lowest BCUT2D eigenvalue weighted by Gasteiger charge is -2.38. The van der Waals surface area contributed by atoms with E-state index in [1.165, 1.54) is 17.0 Å². The summed E-state index contributed by atoms with van der Waals surface area (Å²) in [6.45, 7) is 7.09. The first-order valence-corrected chi connectivity index (χ1v) is 10.3. The first-order valence-electron chi connectivity index (χ1n) is 10.3. The molecular weight excluding hydrogens is 429 g/mol. The SMILES string of the molecule is CCOc1cc(C(=O)N2CC(Oc3cccc(C(F)(F)F)n3)C2)cc(OCC)c1OCC. The van der Waals surface area contributed by atoms with Crippen molar-refractivity contribution < 1.29 is 36.9 Å². The highest BCUT2D eigenvalue weighted by Crippen LogP contribution is 2.39. The average Bonchev–Trinajstić information content (AvgIpc) is 2.72. The maximum Gasteiger partial charge on any atom is 0.433 e. The Morgan fingerprint density at radius 3 is 2.16 bits per heavy atom. The molecule has 0 radical (unpaired) electrons. The second kappa shape index (κ2) is 9.97. The summed E-state index contributed by atoms with van der Waals surface area (Å²) < 4.78 is 60.8. The Kier molecular flexibility index (Phi) is 7.32. The third-order valence-electron chi connectivity index (χ3n) is 4.59. The first-order chi connectivity index (χ1) is 15.3. The van der Waals surface area contributed by atoms with Crippen LogP contribution in [0.5, 0.6) is 23.1 Å². The third-order valence-corrected chi connectivity index (χ3v) is 4.59. The van der Waals surface area contributed by atoms with Crippen molar-refractivity contribution in [2.75, 3.05) is 32.9 Å². The first kappa shape index (κ1) is 23.5.